The fourth-order valence-electron chi connectivity index (χ4n) is 3.16. The number of sulfonamides is 1. The smallest absolute Gasteiger partial charge is 0.407 e. The van der Waals surface area contributed by atoms with E-state index in [0.29, 0.717) is 13.0 Å². The molecule has 0 spiro atoms. The summed E-state index contributed by atoms with van der Waals surface area (Å²) in [7, 11) is -3.73. The monoisotopic (exact) mass is 394 g/mol. The lowest BCUT2D eigenvalue weighted by Crippen LogP contribution is -2.47. The summed E-state index contributed by atoms with van der Waals surface area (Å²) in [6.07, 6.45) is 1.12. The predicted octanol–water partition coefficient (Wildman–Crippen LogP) is 2.53. The molecular formula is C19H26N2O5S. The van der Waals surface area contributed by atoms with Crippen LogP contribution in [0.2, 0.25) is 0 Å². The number of carbonyl (C=O) groups is 1. The number of allylic oxidation sites excluding steroid dienone is 1. The van der Waals surface area contributed by atoms with Gasteiger partial charge in [-0.1, -0.05) is 43.0 Å². The van der Waals surface area contributed by atoms with Crippen molar-refractivity contribution in [1.82, 2.24) is 9.21 Å². The summed E-state index contributed by atoms with van der Waals surface area (Å²) in [6.45, 7) is 8.00. The largest absolute Gasteiger partial charge is 0.465 e. The van der Waals surface area contributed by atoms with E-state index in [-0.39, 0.29) is 32.2 Å². The third-order valence-corrected chi connectivity index (χ3v) is 6.01. The fraction of sp³-hybridized carbons (Fsp3) is 0.421. The minimum atomic E-state index is -3.73. The van der Waals surface area contributed by atoms with Crippen molar-refractivity contribution in [2.45, 2.75) is 19.1 Å². The fourth-order valence-corrected chi connectivity index (χ4v) is 4.32. The van der Waals surface area contributed by atoms with E-state index in [0.717, 1.165) is 11.0 Å². The van der Waals surface area contributed by atoms with E-state index in [1.54, 1.807) is 6.08 Å². The van der Waals surface area contributed by atoms with E-state index in [1.807, 2.05) is 30.3 Å². The minimum Gasteiger partial charge on any atom is -0.465 e. The molecule has 1 saturated heterocycles. The summed E-state index contributed by atoms with van der Waals surface area (Å²) in [5, 5.41) is 10.4. The van der Waals surface area contributed by atoms with E-state index in [9.17, 15) is 18.3 Å². The van der Waals surface area contributed by atoms with Crippen molar-refractivity contribution in [2.24, 2.45) is 5.92 Å². The summed E-state index contributed by atoms with van der Waals surface area (Å²) in [4.78, 5) is 12.8. The molecule has 0 radical (unpaired) electrons. The topological polar surface area (TPSA) is 87.2 Å². The predicted molar refractivity (Wildman–Crippen MR) is 104 cm³/mol. The first-order valence-electron chi connectivity index (χ1n) is 8.72. The third-order valence-electron chi connectivity index (χ3n) is 4.48. The molecule has 2 rings (SSSR count). The van der Waals surface area contributed by atoms with Crippen molar-refractivity contribution in [2.75, 3.05) is 26.2 Å². The Bertz CT molecular complexity index is 751. The van der Waals surface area contributed by atoms with Gasteiger partial charge in [-0.25, -0.2) is 13.2 Å². The minimum absolute atomic E-state index is 0.0465. The zero-order valence-corrected chi connectivity index (χ0v) is 16.1. The van der Waals surface area contributed by atoms with Crippen LogP contribution in [0.3, 0.4) is 0 Å². The lowest BCUT2D eigenvalue weighted by Gasteiger charge is -2.29. The SMILES string of the molecule is C=CCC1CN(C(=O)O)CC(COCc2ccccc2)N(S(=O)(=O)C=C)C1. The van der Waals surface area contributed by atoms with Crippen molar-refractivity contribution < 1.29 is 23.1 Å². The number of ether oxygens (including phenoxy) is 1. The molecule has 0 aromatic heterocycles. The van der Waals surface area contributed by atoms with Crippen LogP contribution in [-0.2, 0) is 21.4 Å². The molecule has 1 heterocycles. The van der Waals surface area contributed by atoms with Crippen molar-refractivity contribution in [1.29, 1.82) is 0 Å². The Labute approximate surface area is 160 Å². The van der Waals surface area contributed by atoms with Crippen LogP contribution < -0.4 is 0 Å². The maximum absolute atomic E-state index is 12.5. The Morgan fingerprint density at radius 3 is 2.52 bits per heavy atom. The summed E-state index contributed by atoms with van der Waals surface area (Å²) < 4.78 is 32.1. The zero-order valence-electron chi connectivity index (χ0n) is 15.2. The quantitative estimate of drug-likeness (QED) is 0.685. The highest BCUT2D eigenvalue weighted by Crippen LogP contribution is 2.22. The molecule has 1 aliphatic heterocycles. The average Bonchev–Trinajstić information content (AvgIpc) is 2.83. The van der Waals surface area contributed by atoms with Crippen LogP contribution in [-0.4, -0.2) is 61.1 Å². The molecule has 1 N–H and O–H groups in total. The van der Waals surface area contributed by atoms with Gasteiger partial charge in [0.25, 0.3) is 0 Å². The maximum atomic E-state index is 12.5. The Morgan fingerprint density at radius 1 is 1.22 bits per heavy atom. The Balaban J connectivity index is 2.19. The Morgan fingerprint density at radius 2 is 1.93 bits per heavy atom. The second-order valence-electron chi connectivity index (χ2n) is 6.51. The third kappa shape index (κ3) is 5.92. The first-order chi connectivity index (χ1) is 12.9. The molecule has 2 unspecified atom stereocenters. The van der Waals surface area contributed by atoms with Gasteiger partial charge in [0.05, 0.1) is 19.3 Å². The number of carboxylic acid groups (broad SMARTS) is 1. The van der Waals surface area contributed by atoms with Gasteiger partial charge < -0.3 is 14.7 Å². The summed E-state index contributed by atoms with van der Waals surface area (Å²) in [5.41, 5.74) is 0.962. The Hall–Kier alpha value is -2.16. The number of amides is 1. The lowest BCUT2D eigenvalue weighted by atomic mass is 10.1. The summed E-state index contributed by atoms with van der Waals surface area (Å²) >= 11 is 0. The molecule has 2 atom stereocenters. The van der Waals surface area contributed by atoms with Crippen LogP contribution in [0, 0.1) is 5.92 Å². The van der Waals surface area contributed by atoms with E-state index in [4.69, 9.17) is 4.74 Å². The van der Waals surface area contributed by atoms with Crippen LogP contribution in [0.5, 0.6) is 0 Å². The van der Waals surface area contributed by atoms with Gasteiger partial charge in [0.1, 0.15) is 0 Å². The molecule has 1 aliphatic rings. The van der Waals surface area contributed by atoms with Gasteiger partial charge in [0, 0.05) is 25.0 Å². The van der Waals surface area contributed by atoms with Gasteiger partial charge in [-0.3, -0.25) is 0 Å². The molecule has 27 heavy (non-hydrogen) atoms. The summed E-state index contributed by atoms with van der Waals surface area (Å²) in [6, 6.07) is 8.89. The van der Waals surface area contributed by atoms with Crippen molar-refractivity contribution >= 4 is 16.1 Å². The van der Waals surface area contributed by atoms with E-state index < -0.39 is 22.2 Å². The molecular weight excluding hydrogens is 368 g/mol. The normalized spacial score (nSPS) is 21.4. The molecule has 0 aliphatic carbocycles. The molecule has 1 amide bonds. The molecule has 0 saturated carbocycles. The number of nitrogens with zero attached hydrogens (tertiary/aromatic N) is 2. The molecule has 8 heteroatoms. The van der Waals surface area contributed by atoms with Gasteiger partial charge in [-0.15, -0.1) is 6.58 Å². The standard InChI is InChI=1S/C19H26N2O5S/c1-3-8-17-11-20(19(22)23)13-18(21(12-17)27(24,25)4-2)15-26-14-16-9-6-5-7-10-16/h3-7,9-10,17-18H,1-2,8,11-15H2,(H,22,23). The Kier molecular flexibility index (Phi) is 7.58. The van der Waals surface area contributed by atoms with E-state index in [2.05, 4.69) is 13.2 Å². The van der Waals surface area contributed by atoms with Gasteiger partial charge in [0.2, 0.25) is 10.0 Å². The van der Waals surface area contributed by atoms with Crippen LogP contribution in [0.1, 0.15) is 12.0 Å². The van der Waals surface area contributed by atoms with Crippen LogP contribution in [0.15, 0.2) is 55.0 Å². The second-order valence-corrected chi connectivity index (χ2v) is 8.35. The molecule has 7 nitrogen and oxygen atoms in total. The van der Waals surface area contributed by atoms with Gasteiger partial charge in [0.15, 0.2) is 0 Å². The first kappa shape index (κ1) is 21.1. The van der Waals surface area contributed by atoms with Crippen LogP contribution in [0.25, 0.3) is 0 Å². The number of hydrogen-bond donors (Lipinski definition) is 1. The highest BCUT2D eigenvalue weighted by atomic mass is 32.2. The highest BCUT2D eigenvalue weighted by Gasteiger charge is 2.36. The molecule has 0 bridgehead atoms. The summed E-state index contributed by atoms with van der Waals surface area (Å²) in [5.74, 6) is -0.174. The molecule has 1 aromatic rings. The van der Waals surface area contributed by atoms with Crippen LogP contribution in [0.4, 0.5) is 4.79 Å². The number of rotatable bonds is 8. The lowest BCUT2D eigenvalue weighted by molar-refractivity contribution is 0.0688. The van der Waals surface area contributed by atoms with Gasteiger partial charge >= 0.3 is 6.09 Å². The average molecular weight is 394 g/mol. The molecule has 1 aromatic carbocycles. The van der Waals surface area contributed by atoms with Gasteiger partial charge in [-0.2, -0.15) is 4.31 Å². The van der Waals surface area contributed by atoms with Crippen LogP contribution >= 0.6 is 0 Å². The zero-order chi connectivity index (χ0) is 19.9. The molecule has 148 valence electrons. The number of hydrogen-bond acceptors (Lipinski definition) is 4. The number of benzene rings is 1. The van der Waals surface area contributed by atoms with Crippen molar-refractivity contribution in [3.8, 4) is 0 Å². The van der Waals surface area contributed by atoms with E-state index in [1.165, 1.54) is 9.21 Å². The van der Waals surface area contributed by atoms with Crippen molar-refractivity contribution in [3.63, 3.8) is 0 Å². The first-order valence-corrected chi connectivity index (χ1v) is 10.2. The molecule has 1 fully saturated rings. The highest BCUT2D eigenvalue weighted by molar-refractivity contribution is 7.92. The second kappa shape index (κ2) is 9.68. The van der Waals surface area contributed by atoms with E-state index >= 15 is 0 Å². The van der Waals surface area contributed by atoms with Gasteiger partial charge in [-0.05, 0) is 17.9 Å². The van der Waals surface area contributed by atoms with Crippen molar-refractivity contribution in [3.05, 3.63) is 60.5 Å². The maximum Gasteiger partial charge on any atom is 0.407 e.